The fraction of sp³-hybridized carbons (Fsp3) is 0.556. The molecule has 0 amide bonds. The fourth-order valence-corrected chi connectivity index (χ4v) is 1.21. The molecule has 2 aliphatic carbocycles. The van der Waals surface area contributed by atoms with E-state index in [0.29, 0.717) is 0 Å². The standard InChI is InChI=1S/2C8H8.2CH3O.2Rh/c2*1-2-4-6-8-7-5-3-1;2*1-2;;/h2*1-2,7-8H2;2*1H3;;/q;;2*+1;;. The van der Waals surface area contributed by atoms with Gasteiger partial charge in [0.15, 0.2) is 0 Å². The van der Waals surface area contributed by atoms with Gasteiger partial charge in [0.1, 0.15) is 0 Å². The van der Waals surface area contributed by atoms with Crippen LogP contribution in [0.3, 0.4) is 0 Å². The average Bonchev–Trinajstić information content (AvgIpc) is 2.42. The van der Waals surface area contributed by atoms with E-state index in [9.17, 15) is 0 Å². The number of hydrogen-bond donors (Lipinski definition) is 0. The maximum atomic E-state index is 8.25. The van der Waals surface area contributed by atoms with Crippen LogP contribution in [0.4, 0.5) is 0 Å². The van der Waals surface area contributed by atoms with Crippen molar-refractivity contribution in [2.24, 2.45) is 0 Å². The zero-order chi connectivity index (χ0) is 15.3. The molecule has 0 heterocycles. The Labute approximate surface area is 161 Å². The van der Waals surface area contributed by atoms with E-state index in [-0.39, 0.29) is 39.0 Å². The van der Waals surface area contributed by atoms with Crippen LogP contribution in [-0.2, 0) is 49.2 Å². The molecule has 0 atom stereocenters. The summed E-state index contributed by atoms with van der Waals surface area (Å²) >= 11 is 0. The molecule has 0 saturated carbocycles. The Morgan fingerprint density at radius 1 is 0.364 bits per heavy atom. The van der Waals surface area contributed by atoms with E-state index in [2.05, 4.69) is 47.4 Å². The van der Waals surface area contributed by atoms with Gasteiger partial charge in [0.2, 0.25) is 0 Å². The first-order valence-electron chi connectivity index (χ1n) is 6.64. The van der Waals surface area contributed by atoms with Crippen LogP contribution < -0.4 is 0 Å². The molecule has 0 aliphatic heterocycles. The molecule has 6 radical (unpaired) electrons. The second kappa shape index (κ2) is 32.4. The summed E-state index contributed by atoms with van der Waals surface area (Å²) in [5.74, 6) is 24.3. The van der Waals surface area contributed by atoms with E-state index in [0.717, 1.165) is 65.6 Å². The summed E-state index contributed by atoms with van der Waals surface area (Å²) in [5.41, 5.74) is 0. The van der Waals surface area contributed by atoms with Gasteiger partial charge in [-0.2, -0.15) is 0 Å². The van der Waals surface area contributed by atoms with Crippen LogP contribution in [0.1, 0.15) is 51.4 Å². The van der Waals surface area contributed by atoms with Crippen molar-refractivity contribution in [3.05, 3.63) is 0 Å². The minimum absolute atomic E-state index is 0. The molecule has 0 unspecified atom stereocenters. The smallest absolute Gasteiger partial charge is 0.102 e. The van der Waals surface area contributed by atoms with Gasteiger partial charge in [-0.1, -0.05) is 0 Å². The van der Waals surface area contributed by atoms with Crippen LogP contribution in [0, 0.1) is 47.4 Å². The summed E-state index contributed by atoms with van der Waals surface area (Å²) in [6.45, 7) is 0. The van der Waals surface area contributed by atoms with Crippen molar-refractivity contribution < 1.29 is 49.2 Å². The molecule has 2 aliphatic rings. The SMILES string of the molecule is C1#CCCC#CCC1.C1#CCCC#CCC1.C[O+].C[O+].[Rh].[Rh]. The van der Waals surface area contributed by atoms with Crippen LogP contribution in [0.25, 0.3) is 0 Å². The molecule has 0 aromatic carbocycles. The third-order valence-electron chi connectivity index (χ3n) is 2.00. The topological polar surface area (TPSA) is 39.8 Å². The fourth-order valence-electron chi connectivity index (χ4n) is 1.21. The van der Waals surface area contributed by atoms with Crippen LogP contribution in [0.5, 0.6) is 0 Å². The molecule has 0 bridgehead atoms. The van der Waals surface area contributed by atoms with Crippen molar-refractivity contribution in [2.75, 3.05) is 14.2 Å². The van der Waals surface area contributed by atoms with Gasteiger partial charge in [0.25, 0.3) is 10.2 Å². The van der Waals surface area contributed by atoms with Crippen molar-refractivity contribution in [1.29, 1.82) is 0 Å². The van der Waals surface area contributed by atoms with Gasteiger partial charge in [0.05, 0.1) is 0 Å². The molecular weight excluding hydrogens is 454 g/mol. The molecule has 2 nitrogen and oxygen atoms in total. The van der Waals surface area contributed by atoms with Crippen LogP contribution in [-0.4, -0.2) is 14.2 Å². The Bertz CT molecular complexity index is 322. The van der Waals surface area contributed by atoms with Crippen LogP contribution in [0.15, 0.2) is 0 Å². The molecule has 2 rings (SSSR count). The van der Waals surface area contributed by atoms with Crippen LogP contribution in [0.2, 0.25) is 0 Å². The number of rotatable bonds is 0. The predicted molar refractivity (Wildman–Crippen MR) is 81.3 cm³/mol. The Kier molecular flexibility index (Phi) is 43.3. The summed E-state index contributed by atoms with van der Waals surface area (Å²) in [7, 11) is 1.50. The van der Waals surface area contributed by atoms with Crippen molar-refractivity contribution in [2.45, 2.75) is 51.4 Å². The second-order valence-electron chi connectivity index (χ2n) is 3.41. The molecule has 0 N–H and O–H groups in total. The average molecular weight is 476 g/mol. The van der Waals surface area contributed by atoms with E-state index >= 15 is 0 Å². The van der Waals surface area contributed by atoms with Crippen molar-refractivity contribution in [1.82, 2.24) is 0 Å². The Morgan fingerprint density at radius 3 is 0.545 bits per heavy atom. The van der Waals surface area contributed by atoms with E-state index in [1.54, 1.807) is 0 Å². The Morgan fingerprint density at radius 2 is 0.455 bits per heavy atom. The first kappa shape index (κ1) is 29.4. The number of hydrogen-bond acceptors (Lipinski definition) is 0. The van der Waals surface area contributed by atoms with E-state index in [4.69, 9.17) is 10.2 Å². The van der Waals surface area contributed by atoms with Gasteiger partial charge in [0, 0.05) is 90.3 Å². The summed E-state index contributed by atoms with van der Waals surface area (Å²) < 4.78 is 0. The zero-order valence-electron chi connectivity index (χ0n) is 13.1. The summed E-state index contributed by atoms with van der Waals surface area (Å²) in [6, 6.07) is 0. The van der Waals surface area contributed by atoms with E-state index < -0.39 is 0 Å². The summed E-state index contributed by atoms with van der Waals surface area (Å²) in [5, 5.41) is 16.5. The molecule has 122 valence electrons. The minimum atomic E-state index is 0. The first-order valence-corrected chi connectivity index (χ1v) is 6.64. The van der Waals surface area contributed by atoms with Gasteiger partial charge in [-0.15, -0.1) is 47.4 Å². The monoisotopic (exact) mass is 476 g/mol. The van der Waals surface area contributed by atoms with Gasteiger partial charge >= 0.3 is 14.2 Å². The quantitative estimate of drug-likeness (QED) is 0.293. The van der Waals surface area contributed by atoms with Crippen molar-refractivity contribution >= 4 is 0 Å². The van der Waals surface area contributed by atoms with Crippen molar-refractivity contribution in [3.8, 4) is 47.4 Å². The summed E-state index contributed by atoms with van der Waals surface area (Å²) in [6.07, 6.45) is 7.72. The molecule has 0 saturated heterocycles. The molecule has 22 heavy (non-hydrogen) atoms. The van der Waals surface area contributed by atoms with Gasteiger partial charge in [-0.05, 0) is 0 Å². The van der Waals surface area contributed by atoms with Gasteiger partial charge in [-0.3, -0.25) is 0 Å². The molecule has 0 aromatic rings. The predicted octanol–water partition coefficient (Wildman–Crippen LogP) is 3.22. The molecule has 0 spiro atoms. The Balaban J connectivity index is -0.000000112. The molecule has 0 fully saturated rings. The van der Waals surface area contributed by atoms with Gasteiger partial charge in [-0.25, -0.2) is 0 Å². The Hall–Kier alpha value is -0.593. The van der Waals surface area contributed by atoms with Crippen molar-refractivity contribution in [3.63, 3.8) is 0 Å². The zero-order valence-corrected chi connectivity index (χ0v) is 16.4. The maximum absolute atomic E-state index is 8.25. The second-order valence-corrected chi connectivity index (χ2v) is 3.41. The largest absolute Gasteiger partial charge is 0.328 e. The normalized spacial score (nSPS) is 12.2. The van der Waals surface area contributed by atoms with E-state index in [1.807, 2.05) is 0 Å². The summed E-state index contributed by atoms with van der Waals surface area (Å²) in [4.78, 5) is 0. The minimum Gasteiger partial charge on any atom is -0.102 e. The van der Waals surface area contributed by atoms with Gasteiger partial charge < -0.3 is 0 Å². The first-order chi connectivity index (χ1) is 10.0. The molecular formula is C18H22O2Rh2+2. The maximum Gasteiger partial charge on any atom is 0.328 e. The van der Waals surface area contributed by atoms with E-state index in [1.165, 1.54) is 0 Å². The molecule has 0 aromatic heterocycles. The molecule has 4 heteroatoms. The third kappa shape index (κ3) is 27.7. The van der Waals surface area contributed by atoms with Crippen LogP contribution >= 0.6 is 0 Å². The third-order valence-corrected chi connectivity index (χ3v) is 2.00.